The van der Waals surface area contributed by atoms with E-state index in [1.165, 1.54) is 4.90 Å². The van der Waals surface area contributed by atoms with E-state index < -0.39 is 19.0 Å². The third-order valence-corrected chi connectivity index (χ3v) is 9.79. The highest BCUT2D eigenvalue weighted by molar-refractivity contribution is 7.69. The number of rotatable bonds is 4. The monoisotopic (exact) mass is 459 g/mol. The van der Waals surface area contributed by atoms with Gasteiger partial charge in [0, 0.05) is 30.9 Å². The summed E-state index contributed by atoms with van der Waals surface area (Å²) < 4.78 is 18.9. The Kier molecular flexibility index (Phi) is 5.55. The number of carbonyl (C=O) groups excluding carboxylic acids is 2. The predicted octanol–water partition coefficient (Wildman–Crippen LogP) is 5.24. The fourth-order valence-electron chi connectivity index (χ4n) is 4.83. The van der Waals surface area contributed by atoms with Gasteiger partial charge in [-0.15, -0.1) is 0 Å². The van der Waals surface area contributed by atoms with Gasteiger partial charge in [0.1, 0.15) is 5.66 Å². The van der Waals surface area contributed by atoms with Gasteiger partial charge >= 0.3 is 0 Å². The molecule has 2 fully saturated rings. The zero-order chi connectivity index (χ0) is 23.0. The number of carbonyl (C=O) groups is 2. The number of anilines is 3. The number of amides is 2. The number of imide groups is 1. The van der Waals surface area contributed by atoms with Crippen LogP contribution in [0.3, 0.4) is 0 Å². The summed E-state index contributed by atoms with van der Waals surface area (Å²) in [6.07, 6.45) is 0.723. The number of hydrogen-bond acceptors (Lipinski definition) is 3. The molecule has 2 aliphatic heterocycles. The Bertz CT molecular complexity index is 1180. The Morgan fingerprint density at radius 1 is 0.758 bits per heavy atom. The lowest BCUT2D eigenvalue weighted by Crippen LogP contribution is -2.46. The molecule has 5 rings (SSSR count). The van der Waals surface area contributed by atoms with E-state index in [0.29, 0.717) is 18.8 Å². The van der Waals surface area contributed by atoms with Crippen molar-refractivity contribution < 1.29 is 14.2 Å². The van der Waals surface area contributed by atoms with Crippen LogP contribution in [0.25, 0.3) is 0 Å². The summed E-state index contributed by atoms with van der Waals surface area (Å²) in [7, 11) is -3.53. The molecule has 0 radical (unpaired) electrons. The summed E-state index contributed by atoms with van der Waals surface area (Å²) in [5, 5.41) is 0. The minimum absolute atomic E-state index is 0.0727. The maximum Gasteiger partial charge on any atom is 0.275 e. The van der Waals surface area contributed by atoms with Crippen molar-refractivity contribution >= 4 is 36.3 Å². The molecular formula is C26H26N3O3P. The van der Waals surface area contributed by atoms with Crippen molar-refractivity contribution in [3.05, 3.63) is 90.5 Å². The van der Waals surface area contributed by atoms with Crippen molar-refractivity contribution in [2.75, 3.05) is 27.3 Å². The van der Waals surface area contributed by atoms with E-state index >= 15 is 4.57 Å². The number of hydrogen-bond donors (Lipinski definition) is 0. The average Bonchev–Trinajstić information content (AvgIpc) is 3.14. The Labute approximate surface area is 193 Å². The molecule has 0 aromatic heterocycles. The molecule has 0 spiro atoms. The molecule has 3 aromatic carbocycles. The van der Waals surface area contributed by atoms with E-state index in [0.717, 1.165) is 23.4 Å². The molecule has 33 heavy (non-hydrogen) atoms. The molecule has 168 valence electrons. The molecule has 0 saturated carbocycles. The van der Waals surface area contributed by atoms with Gasteiger partial charge in [-0.3, -0.25) is 14.2 Å². The maximum atomic E-state index is 15.2. The van der Waals surface area contributed by atoms with E-state index in [1.54, 1.807) is 6.07 Å². The molecule has 3 aromatic rings. The topological polar surface area (TPSA) is 60.9 Å². The smallest absolute Gasteiger partial charge is 0.275 e. The van der Waals surface area contributed by atoms with Crippen LogP contribution in [0.2, 0.25) is 0 Å². The zero-order valence-electron chi connectivity index (χ0n) is 18.5. The average molecular weight is 459 g/mol. The summed E-state index contributed by atoms with van der Waals surface area (Å²) in [6, 6.07) is 26.4. The lowest BCUT2D eigenvalue weighted by atomic mass is 10.2. The minimum atomic E-state index is -3.53. The Hall–Kier alpha value is -3.37. The molecule has 2 saturated heterocycles. The first-order chi connectivity index (χ1) is 16.0. The van der Waals surface area contributed by atoms with E-state index in [-0.39, 0.29) is 12.3 Å². The molecule has 7 heteroatoms. The van der Waals surface area contributed by atoms with Gasteiger partial charge in [0.05, 0.1) is 5.69 Å². The third-order valence-electron chi connectivity index (χ3n) is 6.33. The number of para-hydroxylation sites is 2. The Morgan fingerprint density at radius 3 is 1.85 bits per heavy atom. The summed E-state index contributed by atoms with van der Waals surface area (Å²) in [6.45, 7) is 3.05. The van der Waals surface area contributed by atoms with Gasteiger partial charge in [-0.1, -0.05) is 48.5 Å². The Morgan fingerprint density at radius 2 is 1.30 bits per heavy atom. The van der Waals surface area contributed by atoms with Crippen LogP contribution in [0.15, 0.2) is 84.9 Å². The van der Waals surface area contributed by atoms with Crippen LogP contribution in [-0.4, -0.2) is 30.6 Å². The van der Waals surface area contributed by atoms with Gasteiger partial charge in [-0.2, -0.15) is 0 Å². The van der Waals surface area contributed by atoms with Crippen molar-refractivity contribution in [2.45, 2.75) is 25.4 Å². The summed E-state index contributed by atoms with van der Waals surface area (Å²) >= 11 is 0. The van der Waals surface area contributed by atoms with Crippen molar-refractivity contribution in [1.29, 1.82) is 0 Å². The molecule has 2 heterocycles. The van der Waals surface area contributed by atoms with Crippen LogP contribution in [0.5, 0.6) is 0 Å². The first-order valence-corrected chi connectivity index (χ1v) is 12.9. The summed E-state index contributed by atoms with van der Waals surface area (Å²) in [5.74, 6) is -0.699. The summed E-state index contributed by atoms with van der Waals surface area (Å²) in [4.78, 5) is 28.1. The molecule has 1 atom stereocenters. The van der Waals surface area contributed by atoms with E-state index in [4.69, 9.17) is 0 Å². The molecule has 6 nitrogen and oxygen atoms in total. The first-order valence-electron chi connectivity index (χ1n) is 11.2. The molecule has 0 aliphatic carbocycles. The molecule has 2 amide bonds. The van der Waals surface area contributed by atoms with Crippen LogP contribution in [0.4, 0.5) is 17.1 Å². The predicted molar refractivity (Wildman–Crippen MR) is 132 cm³/mol. The van der Waals surface area contributed by atoms with Gasteiger partial charge in [0.25, 0.3) is 7.44 Å². The van der Waals surface area contributed by atoms with Gasteiger partial charge < -0.3 is 9.34 Å². The second kappa shape index (κ2) is 8.53. The van der Waals surface area contributed by atoms with Gasteiger partial charge in [0.2, 0.25) is 11.8 Å². The second-order valence-corrected chi connectivity index (χ2v) is 11.3. The van der Waals surface area contributed by atoms with E-state index in [2.05, 4.69) is 0 Å². The summed E-state index contributed by atoms with van der Waals surface area (Å²) in [5.41, 5.74) is 2.16. The fourth-order valence-corrected chi connectivity index (χ4v) is 8.35. The van der Waals surface area contributed by atoms with Crippen molar-refractivity contribution in [3.63, 3.8) is 0 Å². The maximum absolute atomic E-state index is 15.2. The van der Waals surface area contributed by atoms with Crippen LogP contribution >= 0.6 is 7.44 Å². The Balaban J connectivity index is 1.62. The van der Waals surface area contributed by atoms with Crippen LogP contribution in [0, 0.1) is 6.92 Å². The van der Waals surface area contributed by atoms with Crippen molar-refractivity contribution in [2.24, 2.45) is 0 Å². The van der Waals surface area contributed by atoms with E-state index in [9.17, 15) is 9.59 Å². The van der Waals surface area contributed by atoms with Crippen molar-refractivity contribution in [1.82, 2.24) is 0 Å². The highest BCUT2D eigenvalue weighted by Gasteiger charge is 2.56. The molecule has 0 bridgehead atoms. The van der Waals surface area contributed by atoms with Gasteiger partial charge in [-0.25, -0.2) is 4.90 Å². The van der Waals surface area contributed by atoms with Crippen LogP contribution in [-0.2, 0) is 14.2 Å². The van der Waals surface area contributed by atoms with E-state index in [1.807, 2.05) is 95.1 Å². The standard InChI is InChI=1S/C26H26N3O3P/c1-20-10-8-15-23(18-20)29-25(30)19-24(26(29)31)33(32)27(21-11-4-2-5-12-21)16-9-17-28(33)22-13-6-3-7-14-22/h2-8,10-15,18,24H,9,16-17,19H2,1H3. The zero-order valence-corrected chi connectivity index (χ0v) is 19.4. The van der Waals surface area contributed by atoms with Gasteiger partial charge in [-0.05, 0) is 55.3 Å². The normalized spacial score (nSPS) is 20.4. The molecule has 0 N–H and O–H groups in total. The lowest BCUT2D eigenvalue weighted by molar-refractivity contribution is -0.121. The molecule has 2 aliphatic rings. The fraction of sp³-hybridized carbons (Fsp3) is 0.231. The second-order valence-electron chi connectivity index (χ2n) is 8.49. The van der Waals surface area contributed by atoms with Crippen LogP contribution in [0.1, 0.15) is 18.4 Å². The quantitative estimate of drug-likeness (QED) is 0.395. The van der Waals surface area contributed by atoms with Crippen molar-refractivity contribution in [3.8, 4) is 0 Å². The highest BCUT2D eigenvalue weighted by atomic mass is 31.2. The third kappa shape index (κ3) is 3.65. The highest BCUT2D eigenvalue weighted by Crippen LogP contribution is 2.64. The SMILES string of the molecule is Cc1cccc(N2C(=O)CC(P3(=O)N(c4ccccc4)CCCN3c3ccccc3)C2=O)c1. The van der Waals surface area contributed by atoms with Crippen LogP contribution < -0.4 is 14.2 Å². The molecular weight excluding hydrogens is 433 g/mol. The molecule has 1 unspecified atom stereocenters. The largest absolute Gasteiger partial charge is 0.306 e. The number of benzene rings is 3. The number of aryl methyl sites for hydroxylation is 1. The number of nitrogens with zero attached hydrogens (tertiary/aromatic N) is 3. The lowest BCUT2D eigenvalue weighted by Gasteiger charge is -2.47. The minimum Gasteiger partial charge on any atom is -0.306 e. The first kappa shape index (κ1) is 21.5. The van der Waals surface area contributed by atoms with Gasteiger partial charge in [0.15, 0.2) is 0 Å².